The van der Waals surface area contributed by atoms with Gasteiger partial charge in [0.2, 0.25) is 5.95 Å². The Kier molecular flexibility index (Phi) is 2.74. The van der Waals surface area contributed by atoms with Crippen LogP contribution in [-0.4, -0.2) is 25.9 Å². The summed E-state index contributed by atoms with van der Waals surface area (Å²) in [6.45, 7) is 2.26. The monoisotopic (exact) mass is 270 g/mol. The predicted octanol–water partition coefficient (Wildman–Crippen LogP) is 1.08. The molecule has 1 unspecified atom stereocenters. The molecule has 1 atom stereocenters. The van der Waals surface area contributed by atoms with Crippen molar-refractivity contribution in [2.75, 3.05) is 5.73 Å². The van der Waals surface area contributed by atoms with E-state index in [1.807, 2.05) is 19.1 Å². The van der Waals surface area contributed by atoms with Crippen molar-refractivity contribution < 1.29 is 4.79 Å². The number of amides is 2. The molecule has 7 heteroatoms. The van der Waals surface area contributed by atoms with Gasteiger partial charge in [0.1, 0.15) is 0 Å². The molecule has 1 aliphatic heterocycles. The standard InChI is InChI=1S/C13H14N6O/c1-7-10-9(6-19(7)13(15)20)17-12(14)18-11(10)8-2-4-16-5-3-8/h2-5,7H,6H2,1H3,(H2,15,20)(H2,14,17,18). The smallest absolute Gasteiger partial charge is 0.315 e. The average Bonchev–Trinajstić information content (AvgIpc) is 2.76. The molecule has 0 aliphatic carbocycles. The average molecular weight is 270 g/mol. The van der Waals surface area contributed by atoms with Gasteiger partial charge in [-0.15, -0.1) is 0 Å². The fourth-order valence-electron chi connectivity index (χ4n) is 2.55. The minimum Gasteiger partial charge on any atom is -0.368 e. The van der Waals surface area contributed by atoms with Gasteiger partial charge in [0.25, 0.3) is 0 Å². The van der Waals surface area contributed by atoms with Gasteiger partial charge >= 0.3 is 6.03 Å². The quantitative estimate of drug-likeness (QED) is 0.805. The number of hydrogen-bond acceptors (Lipinski definition) is 5. The second-order valence-corrected chi connectivity index (χ2v) is 4.67. The first-order valence-corrected chi connectivity index (χ1v) is 6.20. The van der Waals surface area contributed by atoms with E-state index in [0.29, 0.717) is 6.54 Å². The van der Waals surface area contributed by atoms with Crippen LogP contribution in [0.4, 0.5) is 10.7 Å². The predicted molar refractivity (Wildman–Crippen MR) is 73.2 cm³/mol. The number of aromatic nitrogens is 3. The summed E-state index contributed by atoms with van der Waals surface area (Å²) in [5.74, 6) is 0.189. The van der Waals surface area contributed by atoms with Crippen LogP contribution in [0.15, 0.2) is 24.5 Å². The largest absolute Gasteiger partial charge is 0.368 e. The van der Waals surface area contributed by atoms with Crippen molar-refractivity contribution in [2.45, 2.75) is 19.5 Å². The number of nitrogens with two attached hydrogens (primary N) is 2. The van der Waals surface area contributed by atoms with E-state index in [9.17, 15) is 4.79 Å². The van der Waals surface area contributed by atoms with E-state index >= 15 is 0 Å². The lowest BCUT2D eigenvalue weighted by Crippen LogP contribution is -2.33. The van der Waals surface area contributed by atoms with E-state index in [4.69, 9.17) is 11.5 Å². The van der Waals surface area contributed by atoms with E-state index < -0.39 is 6.03 Å². The van der Waals surface area contributed by atoms with Gasteiger partial charge in [-0.1, -0.05) is 0 Å². The van der Waals surface area contributed by atoms with Gasteiger partial charge in [0.15, 0.2) is 0 Å². The molecular weight excluding hydrogens is 256 g/mol. The summed E-state index contributed by atoms with van der Waals surface area (Å²) in [6.07, 6.45) is 3.37. The lowest BCUT2D eigenvalue weighted by atomic mass is 10.0. The van der Waals surface area contributed by atoms with E-state index in [1.165, 1.54) is 0 Å². The summed E-state index contributed by atoms with van der Waals surface area (Å²) in [4.78, 5) is 25.6. The van der Waals surface area contributed by atoms with Crippen molar-refractivity contribution in [3.63, 3.8) is 0 Å². The number of nitrogens with zero attached hydrogens (tertiary/aromatic N) is 4. The van der Waals surface area contributed by atoms with Gasteiger partial charge in [-0.05, 0) is 19.1 Å². The Balaban J connectivity index is 2.18. The first-order valence-electron chi connectivity index (χ1n) is 6.20. The summed E-state index contributed by atoms with van der Waals surface area (Å²) >= 11 is 0. The van der Waals surface area contributed by atoms with Gasteiger partial charge in [-0.2, -0.15) is 0 Å². The maximum atomic E-state index is 11.5. The molecule has 2 amide bonds. The van der Waals surface area contributed by atoms with Gasteiger partial charge in [0.05, 0.1) is 24.0 Å². The van der Waals surface area contributed by atoms with E-state index in [2.05, 4.69) is 15.0 Å². The van der Waals surface area contributed by atoms with Gasteiger partial charge < -0.3 is 16.4 Å². The van der Waals surface area contributed by atoms with Gasteiger partial charge in [-0.25, -0.2) is 14.8 Å². The molecule has 1 aliphatic rings. The van der Waals surface area contributed by atoms with E-state index in [1.54, 1.807) is 17.3 Å². The number of carbonyl (C=O) groups excluding carboxylic acids is 1. The third-order valence-electron chi connectivity index (χ3n) is 3.48. The van der Waals surface area contributed by atoms with E-state index in [0.717, 1.165) is 22.5 Å². The minimum absolute atomic E-state index is 0.175. The van der Waals surface area contributed by atoms with Crippen LogP contribution in [0.1, 0.15) is 24.2 Å². The first kappa shape index (κ1) is 12.3. The summed E-state index contributed by atoms with van der Waals surface area (Å²) in [5, 5.41) is 0. The second kappa shape index (κ2) is 4.44. The third-order valence-corrected chi connectivity index (χ3v) is 3.48. The Morgan fingerprint density at radius 2 is 2.05 bits per heavy atom. The van der Waals surface area contributed by atoms with Crippen molar-refractivity contribution in [2.24, 2.45) is 5.73 Å². The molecular formula is C13H14N6O. The van der Waals surface area contributed by atoms with Crippen molar-refractivity contribution >= 4 is 12.0 Å². The summed E-state index contributed by atoms with van der Waals surface area (Å²) < 4.78 is 0. The number of anilines is 1. The molecule has 0 radical (unpaired) electrons. The fraction of sp³-hybridized carbons (Fsp3) is 0.231. The number of fused-ring (bicyclic) bond motifs is 1. The van der Waals surface area contributed by atoms with Crippen molar-refractivity contribution in [1.82, 2.24) is 19.9 Å². The molecule has 2 aromatic heterocycles. The molecule has 0 saturated heterocycles. The topological polar surface area (TPSA) is 111 Å². The number of hydrogen-bond donors (Lipinski definition) is 2. The van der Waals surface area contributed by atoms with Gasteiger partial charge in [-0.3, -0.25) is 4.98 Å². The molecule has 0 fully saturated rings. The Bertz CT molecular complexity index is 672. The van der Waals surface area contributed by atoms with Crippen molar-refractivity contribution in [3.05, 3.63) is 35.8 Å². The van der Waals surface area contributed by atoms with Crippen molar-refractivity contribution in [3.8, 4) is 11.3 Å². The normalized spacial score (nSPS) is 17.1. The molecule has 4 N–H and O–H groups in total. The maximum absolute atomic E-state index is 11.5. The Morgan fingerprint density at radius 1 is 1.35 bits per heavy atom. The van der Waals surface area contributed by atoms with Crippen LogP contribution in [0.25, 0.3) is 11.3 Å². The molecule has 0 spiro atoms. The highest BCUT2D eigenvalue weighted by atomic mass is 16.2. The molecule has 3 heterocycles. The SMILES string of the molecule is CC1c2c(nc(N)nc2-c2ccncc2)CN1C(N)=O. The van der Waals surface area contributed by atoms with Crippen molar-refractivity contribution in [1.29, 1.82) is 0 Å². The zero-order valence-electron chi connectivity index (χ0n) is 10.9. The highest BCUT2D eigenvalue weighted by molar-refractivity contribution is 5.75. The summed E-state index contributed by atoms with van der Waals surface area (Å²) in [5.41, 5.74) is 14.4. The van der Waals surface area contributed by atoms with Crippen LogP contribution in [-0.2, 0) is 6.54 Å². The maximum Gasteiger partial charge on any atom is 0.315 e. The molecule has 7 nitrogen and oxygen atoms in total. The highest BCUT2D eigenvalue weighted by Gasteiger charge is 2.33. The number of nitrogen functional groups attached to an aromatic ring is 1. The van der Waals surface area contributed by atoms with Gasteiger partial charge in [0, 0.05) is 23.5 Å². The Morgan fingerprint density at radius 3 is 2.70 bits per heavy atom. The van der Waals surface area contributed by atoms with Crippen LogP contribution < -0.4 is 11.5 Å². The molecule has 0 aromatic carbocycles. The Hall–Kier alpha value is -2.70. The number of urea groups is 1. The molecule has 20 heavy (non-hydrogen) atoms. The van der Waals surface area contributed by atoms with Crippen LogP contribution in [0.2, 0.25) is 0 Å². The highest BCUT2D eigenvalue weighted by Crippen LogP contribution is 2.38. The van der Waals surface area contributed by atoms with Crippen LogP contribution in [0, 0.1) is 0 Å². The molecule has 102 valence electrons. The fourth-order valence-corrected chi connectivity index (χ4v) is 2.55. The van der Waals surface area contributed by atoms with Crippen LogP contribution in [0.5, 0.6) is 0 Å². The number of rotatable bonds is 1. The lowest BCUT2D eigenvalue weighted by Gasteiger charge is -2.19. The number of carbonyl (C=O) groups is 1. The van der Waals surface area contributed by atoms with Crippen LogP contribution in [0.3, 0.4) is 0 Å². The second-order valence-electron chi connectivity index (χ2n) is 4.67. The zero-order chi connectivity index (χ0) is 14.3. The minimum atomic E-state index is -0.477. The zero-order valence-corrected chi connectivity index (χ0v) is 10.9. The lowest BCUT2D eigenvalue weighted by molar-refractivity contribution is 0.194. The summed E-state index contributed by atoms with van der Waals surface area (Å²) in [7, 11) is 0. The number of pyridine rings is 1. The van der Waals surface area contributed by atoms with E-state index in [-0.39, 0.29) is 12.0 Å². The molecule has 2 aromatic rings. The molecule has 0 bridgehead atoms. The third kappa shape index (κ3) is 1.83. The Labute approximate surface area is 115 Å². The molecule has 3 rings (SSSR count). The summed E-state index contributed by atoms with van der Waals surface area (Å²) in [6, 6.07) is 3.05. The number of primary amides is 1. The molecule has 0 saturated carbocycles. The first-order chi connectivity index (χ1) is 9.58. The van der Waals surface area contributed by atoms with Crippen LogP contribution >= 0.6 is 0 Å².